The van der Waals surface area contributed by atoms with Crippen molar-refractivity contribution in [1.29, 1.82) is 0 Å². The van der Waals surface area contributed by atoms with Crippen LogP contribution in [0.5, 0.6) is 0 Å². The summed E-state index contributed by atoms with van der Waals surface area (Å²) in [4.78, 5) is 45.5. The molecule has 0 bridgehead atoms. The summed E-state index contributed by atoms with van der Waals surface area (Å²) < 4.78 is 45.8. The largest absolute Gasteiger partial charge is 0.444 e. The molecule has 0 N–H and O–H groups in total. The molecule has 0 aromatic heterocycles. The molecule has 5 rings (SSSR count). The highest BCUT2D eigenvalue weighted by Crippen LogP contribution is 2.33. The van der Waals surface area contributed by atoms with Crippen LogP contribution in [0.15, 0.2) is 78.9 Å². The van der Waals surface area contributed by atoms with Gasteiger partial charge in [-0.1, -0.05) is 72.3 Å². The van der Waals surface area contributed by atoms with Crippen LogP contribution in [0.3, 0.4) is 0 Å². The van der Waals surface area contributed by atoms with Gasteiger partial charge in [0.05, 0.1) is 18.0 Å². The number of carbonyl (C=O) groups excluding carboxylic acids is 3. The smallest absolute Gasteiger partial charge is 0.416 e. The third-order valence-electron chi connectivity index (χ3n) is 8.31. The molecule has 3 atom stereocenters. The quantitative estimate of drug-likeness (QED) is 0.306. The molecule has 0 aliphatic carbocycles. The lowest BCUT2D eigenvalue weighted by Gasteiger charge is -2.53. The van der Waals surface area contributed by atoms with Gasteiger partial charge in [-0.3, -0.25) is 14.5 Å². The van der Waals surface area contributed by atoms with Crippen molar-refractivity contribution in [1.82, 2.24) is 14.7 Å². The van der Waals surface area contributed by atoms with Gasteiger partial charge in [0.15, 0.2) is 0 Å². The molecule has 0 saturated carbocycles. The van der Waals surface area contributed by atoms with E-state index >= 15 is 0 Å². The van der Waals surface area contributed by atoms with Crippen LogP contribution in [0, 0.1) is 12.8 Å². The van der Waals surface area contributed by atoms with Crippen LogP contribution in [-0.4, -0.2) is 57.9 Å². The highest BCUT2D eigenvalue weighted by atomic mass is 19.4. The van der Waals surface area contributed by atoms with Crippen LogP contribution in [0.1, 0.15) is 47.6 Å². The van der Waals surface area contributed by atoms with Crippen LogP contribution >= 0.6 is 0 Å². The molecule has 44 heavy (non-hydrogen) atoms. The SMILES string of the molecule is Cc1cc(COC(=O)N2C[C@H](CCCc3ccccc3)C(=O)N3[C@@H]2CN(Cc2ccccc2)C(=O)[C@@H]3C)cc(C(F)(F)F)c1. The number of benzene rings is 3. The number of aryl methyl sites for hydroxylation is 2. The Morgan fingerprint density at radius 3 is 2.20 bits per heavy atom. The molecule has 0 radical (unpaired) electrons. The van der Waals surface area contributed by atoms with Crippen molar-refractivity contribution >= 4 is 17.9 Å². The second-order valence-corrected chi connectivity index (χ2v) is 11.6. The van der Waals surface area contributed by atoms with Crippen molar-refractivity contribution in [2.75, 3.05) is 13.1 Å². The summed E-state index contributed by atoms with van der Waals surface area (Å²) in [5.74, 6) is -0.939. The normalized spacial score (nSPS) is 20.5. The van der Waals surface area contributed by atoms with E-state index in [1.807, 2.05) is 60.7 Å². The Morgan fingerprint density at radius 1 is 0.886 bits per heavy atom. The number of rotatable bonds is 8. The van der Waals surface area contributed by atoms with Gasteiger partial charge in [-0.05, 0) is 61.9 Å². The minimum Gasteiger partial charge on any atom is -0.444 e. The minimum atomic E-state index is -4.53. The van der Waals surface area contributed by atoms with Gasteiger partial charge in [-0.25, -0.2) is 4.79 Å². The lowest BCUT2D eigenvalue weighted by molar-refractivity contribution is -0.172. The maximum atomic E-state index is 13.8. The van der Waals surface area contributed by atoms with Crippen molar-refractivity contribution in [3.05, 3.63) is 107 Å². The number of carbonyl (C=O) groups is 3. The zero-order valence-corrected chi connectivity index (χ0v) is 24.8. The fourth-order valence-corrected chi connectivity index (χ4v) is 6.14. The van der Waals surface area contributed by atoms with E-state index in [4.69, 9.17) is 4.74 Å². The van der Waals surface area contributed by atoms with Gasteiger partial charge < -0.3 is 14.5 Å². The van der Waals surface area contributed by atoms with Gasteiger partial charge in [0.2, 0.25) is 11.8 Å². The first kappa shape index (κ1) is 31.1. The summed E-state index contributed by atoms with van der Waals surface area (Å²) in [6.07, 6.45) is -4.07. The highest BCUT2D eigenvalue weighted by Gasteiger charge is 2.50. The summed E-state index contributed by atoms with van der Waals surface area (Å²) >= 11 is 0. The minimum absolute atomic E-state index is 0.0926. The number of halogens is 3. The summed E-state index contributed by atoms with van der Waals surface area (Å²) in [5.41, 5.74) is 1.85. The first-order valence-electron chi connectivity index (χ1n) is 14.8. The molecule has 232 valence electrons. The van der Waals surface area contributed by atoms with E-state index in [2.05, 4.69) is 0 Å². The number of hydrogen-bond donors (Lipinski definition) is 0. The molecule has 2 aliphatic heterocycles. The number of piperazine rings is 1. The average Bonchev–Trinajstić information content (AvgIpc) is 3.00. The molecule has 7 nitrogen and oxygen atoms in total. The standard InChI is InChI=1S/C34H36F3N3O4/c1-23-16-27(18-29(17-23)34(35,36)37)22-44-33(43)39-20-28(15-9-14-25-10-5-3-6-11-25)32(42)40-24(2)31(41)38(21-30(39)40)19-26-12-7-4-8-13-26/h3-8,10-13,16-18,24,28,30H,9,14-15,19-22H2,1-2H3/t24-,28-,30+/m0/s1. The fraction of sp³-hybridized carbons (Fsp3) is 0.382. The number of nitrogens with zero attached hydrogens (tertiary/aromatic N) is 3. The van der Waals surface area contributed by atoms with Gasteiger partial charge >= 0.3 is 12.3 Å². The molecule has 10 heteroatoms. The Balaban J connectivity index is 1.36. The van der Waals surface area contributed by atoms with Crippen LogP contribution in [0.4, 0.5) is 18.0 Å². The molecule has 2 heterocycles. The Bertz CT molecular complexity index is 1480. The van der Waals surface area contributed by atoms with Gasteiger partial charge in [0.1, 0.15) is 18.8 Å². The topological polar surface area (TPSA) is 70.2 Å². The third kappa shape index (κ3) is 7.06. The molecule has 2 aliphatic rings. The zero-order chi connectivity index (χ0) is 31.4. The van der Waals surface area contributed by atoms with Crippen molar-refractivity contribution < 1.29 is 32.3 Å². The Labute approximate surface area is 255 Å². The van der Waals surface area contributed by atoms with E-state index in [0.29, 0.717) is 24.9 Å². The lowest BCUT2D eigenvalue weighted by Crippen LogP contribution is -2.72. The monoisotopic (exact) mass is 607 g/mol. The average molecular weight is 608 g/mol. The van der Waals surface area contributed by atoms with Crippen molar-refractivity contribution in [3.63, 3.8) is 0 Å². The number of amides is 3. The van der Waals surface area contributed by atoms with Crippen molar-refractivity contribution in [2.24, 2.45) is 5.92 Å². The lowest BCUT2D eigenvalue weighted by atomic mass is 9.92. The molecule has 3 amide bonds. The molecule has 2 fully saturated rings. The molecule has 0 spiro atoms. The summed E-state index contributed by atoms with van der Waals surface area (Å²) in [7, 11) is 0. The van der Waals surface area contributed by atoms with Gasteiger partial charge in [0.25, 0.3) is 0 Å². The van der Waals surface area contributed by atoms with Crippen LogP contribution in [-0.2, 0) is 40.1 Å². The van der Waals surface area contributed by atoms with Gasteiger partial charge in [0, 0.05) is 13.1 Å². The van der Waals surface area contributed by atoms with E-state index in [1.165, 1.54) is 9.80 Å². The first-order valence-corrected chi connectivity index (χ1v) is 14.8. The molecule has 3 aromatic carbocycles. The van der Waals surface area contributed by atoms with Crippen LogP contribution < -0.4 is 0 Å². The molecule has 3 aromatic rings. The van der Waals surface area contributed by atoms with E-state index < -0.39 is 36.0 Å². The second-order valence-electron chi connectivity index (χ2n) is 11.6. The van der Waals surface area contributed by atoms with Gasteiger partial charge in [-0.15, -0.1) is 0 Å². The zero-order valence-electron chi connectivity index (χ0n) is 24.8. The third-order valence-corrected chi connectivity index (χ3v) is 8.31. The first-order chi connectivity index (χ1) is 21.0. The number of ether oxygens (including phenoxy) is 1. The number of hydrogen-bond acceptors (Lipinski definition) is 4. The molecular weight excluding hydrogens is 571 g/mol. The summed E-state index contributed by atoms with van der Waals surface area (Å²) in [6.45, 7) is 3.37. The van der Waals surface area contributed by atoms with E-state index in [1.54, 1.807) is 24.8 Å². The Hall–Kier alpha value is -4.34. The maximum absolute atomic E-state index is 13.8. The Morgan fingerprint density at radius 2 is 1.55 bits per heavy atom. The van der Waals surface area contributed by atoms with Crippen LogP contribution in [0.25, 0.3) is 0 Å². The summed E-state index contributed by atoms with van der Waals surface area (Å²) in [5, 5.41) is 0. The van der Waals surface area contributed by atoms with Crippen LogP contribution in [0.2, 0.25) is 0 Å². The summed E-state index contributed by atoms with van der Waals surface area (Å²) in [6, 6.07) is 22.1. The van der Waals surface area contributed by atoms with E-state index in [-0.39, 0.29) is 37.1 Å². The van der Waals surface area contributed by atoms with E-state index in [9.17, 15) is 27.6 Å². The molecule has 0 unspecified atom stereocenters. The molecule has 2 saturated heterocycles. The predicted octanol–water partition coefficient (Wildman–Crippen LogP) is 6.19. The number of fused-ring (bicyclic) bond motifs is 1. The highest BCUT2D eigenvalue weighted by molar-refractivity contribution is 5.91. The Kier molecular flexibility index (Phi) is 9.27. The maximum Gasteiger partial charge on any atom is 0.416 e. The van der Waals surface area contributed by atoms with E-state index in [0.717, 1.165) is 29.7 Å². The molecular formula is C34H36F3N3O4. The van der Waals surface area contributed by atoms with Gasteiger partial charge in [-0.2, -0.15) is 13.2 Å². The fourth-order valence-electron chi connectivity index (χ4n) is 6.14. The predicted molar refractivity (Wildman–Crippen MR) is 158 cm³/mol. The van der Waals surface area contributed by atoms with Crippen molar-refractivity contribution in [2.45, 2.75) is 64.6 Å². The second kappa shape index (κ2) is 13.1. The van der Waals surface area contributed by atoms with Crippen molar-refractivity contribution in [3.8, 4) is 0 Å². The number of alkyl halides is 3.